The Kier molecular flexibility index (Phi) is 6.01. The molecule has 0 heterocycles. The van der Waals surface area contributed by atoms with E-state index in [0.29, 0.717) is 5.75 Å². The summed E-state index contributed by atoms with van der Waals surface area (Å²) in [5.41, 5.74) is 0.769. The van der Waals surface area contributed by atoms with Crippen LogP contribution in [0.4, 0.5) is 0 Å². The minimum absolute atomic E-state index is 0.128. The molecular formula is C14H18BrNO4. The second-order valence-corrected chi connectivity index (χ2v) is 5.50. The molecule has 20 heavy (non-hydrogen) atoms. The summed E-state index contributed by atoms with van der Waals surface area (Å²) in [4.78, 5) is 24.4. The van der Waals surface area contributed by atoms with E-state index in [0.717, 1.165) is 10.0 Å². The standard InChI is InChI=1S/C14H18BrNO4/c1-9(2)16(8-14(18)19)13(17)7-10-6-11(20-3)4-5-12(10)15/h4-6,9H,7-8H2,1-3H3,(H,18,19). The van der Waals surface area contributed by atoms with E-state index >= 15 is 0 Å². The number of carbonyl (C=O) groups is 2. The lowest BCUT2D eigenvalue weighted by atomic mass is 10.1. The molecule has 0 aliphatic carbocycles. The SMILES string of the molecule is COc1ccc(Br)c(CC(=O)N(CC(=O)O)C(C)C)c1. The number of carboxylic acids is 1. The zero-order valence-electron chi connectivity index (χ0n) is 11.7. The molecular weight excluding hydrogens is 326 g/mol. The van der Waals surface area contributed by atoms with Gasteiger partial charge in [-0.05, 0) is 37.6 Å². The summed E-state index contributed by atoms with van der Waals surface area (Å²) in [6.07, 6.45) is 0.128. The van der Waals surface area contributed by atoms with Crippen LogP contribution in [-0.4, -0.2) is 41.6 Å². The molecule has 0 bridgehead atoms. The fraction of sp³-hybridized carbons (Fsp3) is 0.429. The maximum Gasteiger partial charge on any atom is 0.323 e. The molecule has 0 atom stereocenters. The van der Waals surface area contributed by atoms with Gasteiger partial charge in [0.2, 0.25) is 5.91 Å². The third-order valence-corrected chi connectivity index (χ3v) is 3.62. The first-order valence-corrected chi connectivity index (χ1v) is 6.98. The summed E-state index contributed by atoms with van der Waals surface area (Å²) in [5.74, 6) is -0.585. The van der Waals surface area contributed by atoms with Gasteiger partial charge in [-0.15, -0.1) is 0 Å². The van der Waals surface area contributed by atoms with Gasteiger partial charge in [0.05, 0.1) is 13.5 Å². The topological polar surface area (TPSA) is 66.8 Å². The number of ether oxygens (including phenoxy) is 1. The van der Waals surface area contributed by atoms with Crippen molar-refractivity contribution in [2.24, 2.45) is 0 Å². The number of halogens is 1. The van der Waals surface area contributed by atoms with Crippen LogP contribution in [0, 0.1) is 0 Å². The molecule has 1 aromatic carbocycles. The van der Waals surface area contributed by atoms with Crippen LogP contribution < -0.4 is 4.74 Å². The van der Waals surface area contributed by atoms with E-state index in [4.69, 9.17) is 9.84 Å². The third kappa shape index (κ3) is 4.52. The molecule has 1 N–H and O–H groups in total. The third-order valence-electron chi connectivity index (χ3n) is 2.84. The van der Waals surface area contributed by atoms with Gasteiger partial charge in [-0.2, -0.15) is 0 Å². The van der Waals surface area contributed by atoms with Crippen molar-refractivity contribution in [3.05, 3.63) is 28.2 Å². The Balaban J connectivity index is 2.90. The maximum absolute atomic E-state index is 12.2. The lowest BCUT2D eigenvalue weighted by molar-refractivity contribution is -0.145. The van der Waals surface area contributed by atoms with E-state index < -0.39 is 5.97 Å². The van der Waals surface area contributed by atoms with Crippen molar-refractivity contribution in [3.8, 4) is 5.75 Å². The first-order chi connectivity index (χ1) is 9.35. The first kappa shape index (κ1) is 16.5. The molecule has 6 heteroatoms. The molecule has 0 aliphatic heterocycles. The van der Waals surface area contributed by atoms with Crippen LogP contribution in [0.2, 0.25) is 0 Å². The van der Waals surface area contributed by atoms with E-state index in [-0.39, 0.29) is 24.9 Å². The van der Waals surface area contributed by atoms with Crippen LogP contribution in [0.25, 0.3) is 0 Å². The van der Waals surface area contributed by atoms with Crippen molar-refractivity contribution >= 4 is 27.8 Å². The number of hydrogen-bond donors (Lipinski definition) is 1. The van der Waals surface area contributed by atoms with Gasteiger partial charge in [-0.25, -0.2) is 0 Å². The van der Waals surface area contributed by atoms with Crippen molar-refractivity contribution in [3.63, 3.8) is 0 Å². The predicted molar refractivity (Wildman–Crippen MR) is 78.9 cm³/mol. The smallest absolute Gasteiger partial charge is 0.323 e. The average Bonchev–Trinajstić information content (AvgIpc) is 2.37. The monoisotopic (exact) mass is 343 g/mol. The van der Waals surface area contributed by atoms with Gasteiger partial charge in [0.25, 0.3) is 0 Å². The Morgan fingerprint density at radius 3 is 2.55 bits per heavy atom. The minimum atomic E-state index is -1.02. The number of hydrogen-bond acceptors (Lipinski definition) is 3. The predicted octanol–water partition coefficient (Wildman–Crippen LogP) is 2.32. The quantitative estimate of drug-likeness (QED) is 0.860. The summed E-state index contributed by atoms with van der Waals surface area (Å²) < 4.78 is 5.92. The summed E-state index contributed by atoms with van der Waals surface area (Å²) >= 11 is 3.38. The molecule has 1 amide bonds. The Labute approximate surface area is 126 Å². The first-order valence-electron chi connectivity index (χ1n) is 6.18. The van der Waals surface area contributed by atoms with Gasteiger partial charge in [-0.3, -0.25) is 9.59 Å². The molecule has 0 aromatic heterocycles. The van der Waals surface area contributed by atoms with Crippen molar-refractivity contribution in [2.75, 3.05) is 13.7 Å². The molecule has 1 rings (SSSR count). The van der Waals surface area contributed by atoms with E-state index in [1.165, 1.54) is 4.90 Å². The average molecular weight is 344 g/mol. The van der Waals surface area contributed by atoms with Gasteiger partial charge in [0, 0.05) is 10.5 Å². The highest BCUT2D eigenvalue weighted by Gasteiger charge is 2.20. The Morgan fingerprint density at radius 1 is 1.40 bits per heavy atom. The normalized spacial score (nSPS) is 10.4. The number of aliphatic carboxylic acids is 1. The molecule has 0 spiro atoms. The van der Waals surface area contributed by atoms with Crippen LogP contribution in [-0.2, 0) is 16.0 Å². The Bertz CT molecular complexity index is 502. The summed E-state index contributed by atoms with van der Waals surface area (Å²) in [7, 11) is 1.56. The number of rotatable bonds is 6. The number of benzene rings is 1. The van der Waals surface area contributed by atoms with Crippen molar-refractivity contribution in [2.45, 2.75) is 26.3 Å². The van der Waals surface area contributed by atoms with Gasteiger partial charge < -0.3 is 14.7 Å². The lowest BCUT2D eigenvalue weighted by Gasteiger charge is -2.25. The number of carbonyl (C=O) groups excluding carboxylic acids is 1. The second kappa shape index (κ2) is 7.28. The Hall–Kier alpha value is -1.56. The zero-order valence-corrected chi connectivity index (χ0v) is 13.3. The summed E-state index contributed by atoms with van der Waals surface area (Å²) in [6, 6.07) is 5.19. The molecule has 5 nitrogen and oxygen atoms in total. The molecule has 0 radical (unpaired) electrons. The van der Waals surface area contributed by atoms with Crippen LogP contribution >= 0.6 is 15.9 Å². The maximum atomic E-state index is 12.2. The fourth-order valence-electron chi connectivity index (χ4n) is 1.78. The molecule has 0 aliphatic rings. The molecule has 0 fully saturated rings. The number of nitrogens with zero attached hydrogens (tertiary/aromatic N) is 1. The highest BCUT2D eigenvalue weighted by molar-refractivity contribution is 9.10. The largest absolute Gasteiger partial charge is 0.497 e. The van der Waals surface area contributed by atoms with Crippen LogP contribution in [0.15, 0.2) is 22.7 Å². The van der Waals surface area contributed by atoms with Gasteiger partial charge >= 0.3 is 5.97 Å². The lowest BCUT2D eigenvalue weighted by Crippen LogP contribution is -2.41. The van der Waals surface area contributed by atoms with E-state index in [1.54, 1.807) is 39.2 Å². The van der Waals surface area contributed by atoms with Crippen molar-refractivity contribution < 1.29 is 19.4 Å². The Morgan fingerprint density at radius 2 is 2.05 bits per heavy atom. The number of methoxy groups -OCH3 is 1. The second-order valence-electron chi connectivity index (χ2n) is 4.64. The van der Waals surface area contributed by atoms with Crippen LogP contribution in [0.3, 0.4) is 0 Å². The van der Waals surface area contributed by atoms with Gasteiger partial charge in [0.1, 0.15) is 12.3 Å². The molecule has 1 aromatic rings. The number of amides is 1. The zero-order chi connectivity index (χ0) is 15.3. The van der Waals surface area contributed by atoms with Crippen molar-refractivity contribution in [1.29, 1.82) is 0 Å². The summed E-state index contributed by atoms with van der Waals surface area (Å²) in [6.45, 7) is 3.29. The van der Waals surface area contributed by atoms with E-state index in [2.05, 4.69) is 15.9 Å². The van der Waals surface area contributed by atoms with E-state index in [9.17, 15) is 9.59 Å². The summed E-state index contributed by atoms with van der Waals surface area (Å²) in [5, 5.41) is 8.86. The minimum Gasteiger partial charge on any atom is -0.497 e. The van der Waals surface area contributed by atoms with Gasteiger partial charge in [-0.1, -0.05) is 15.9 Å². The molecule has 110 valence electrons. The molecule has 0 saturated heterocycles. The van der Waals surface area contributed by atoms with E-state index in [1.807, 2.05) is 0 Å². The molecule has 0 saturated carbocycles. The van der Waals surface area contributed by atoms with Crippen molar-refractivity contribution in [1.82, 2.24) is 4.90 Å². The number of carboxylic acid groups (broad SMARTS) is 1. The van der Waals surface area contributed by atoms with Crippen LogP contribution in [0.5, 0.6) is 5.75 Å². The van der Waals surface area contributed by atoms with Gasteiger partial charge in [0.15, 0.2) is 0 Å². The molecule has 0 unspecified atom stereocenters. The highest BCUT2D eigenvalue weighted by Crippen LogP contribution is 2.23. The highest BCUT2D eigenvalue weighted by atomic mass is 79.9. The fourth-order valence-corrected chi connectivity index (χ4v) is 2.17. The van der Waals surface area contributed by atoms with Crippen LogP contribution in [0.1, 0.15) is 19.4 Å².